The highest BCUT2D eigenvalue weighted by Gasteiger charge is 2.20. The Hall–Kier alpha value is -6.84. The predicted molar refractivity (Wildman–Crippen MR) is 212 cm³/mol. The van der Waals surface area contributed by atoms with Gasteiger partial charge in [0, 0.05) is 44.2 Å². The number of rotatable bonds is 6. The molecule has 0 saturated heterocycles. The van der Waals surface area contributed by atoms with Gasteiger partial charge in [-0.15, -0.1) is 0 Å². The average Bonchev–Trinajstić information content (AvgIpc) is 3.77. The van der Waals surface area contributed by atoms with E-state index in [4.69, 9.17) is 8.83 Å². The third kappa shape index (κ3) is 4.98. The fraction of sp³-hybridized carbons (Fsp3) is 0. The number of benzene rings is 8. The standard InChI is InChI=1S/C48H31NO2/c1-4-12-32(13-5-1)33-20-22-35(23-21-33)41-30-36(31-42-47-45(51-48(41)42)29-28-44-46(47)40-18-10-11-19-43(40)50-44)34-24-26-39(27-25-34)49(37-14-6-2-7-15-37)38-16-8-3-9-17-38/h1-31H. The van der Waals surface area contributed by atoms with Gasteiger partial charge in [0.25, 0.3) is 0 Å². The van der Waals surface area contributed by atoms with E-state index in [-0.39, 0.29) is 0 Å². The summed E-state index contributed by atoms with van der Waals surface area (Å²) in [6, 6.07) is 66.1. The van der Waals surface area contributed by atoms with Crippen LogP contribution in [0.2, 0.25) is 0 Å². The van der Waals surface area contributed by atoms with Crippen molar-refractivity contribution in [3.63, 3.8) is 0 Å². The average molecular weight is 654 g/mol. The minimum Gasteiger partial charge on any atom is -0.456 e. The Morgan fingerprint density at radius 2 is 0.804 bits per heavy atom. The monoisotopic (exact) mass is 653 g/mol. The van der Waals surface area contributed by atoms with Crippen molar-refractivity contribution in [1.82, 2.24) is 0 Å². The predicted octanol–water partition coefficient (Wildman–Crippen LogP) is 14.0. The molecule has 0 aliphatic rings. The lowest BCUT2D eigenvalue weighted by molar-refractivity contribution is 0.663. The van der Waals surface area contributed by atoms with Gasteiger partial charge in [-0.3, -0.25) is 0 Å². The van der Waals surface area contributed by atoms with Crippen LogP contribution >= 0.6 is 0 Å². The quantitative estimate of drug-likeness (QED) is 0.179. The lowest BCUT2D eigenvalue weighted by atomic mass is 9.94. The SMILES string of the molecule is c1ccc(-c2ccc(-c3cc(-c4ccc(N(c5ccccc5)c5ccccc5)cc4)cc4c3oc3ccc5oc6ccccc6c5c34)cc2)cc1. The van der Waals surface area contributed by atoms with Crippen LogP contribution < -0.4 is 4.90 Å². The first-order valence-corrected chi connectivity index (χ1v) is 17.3. The molecule has 0 fully saturated rings. The van der Waals surface area contributed by atoms with E-state index in [1.807, 2.05) is 24.3 Å². The summed E-state index contributed by atoms with van der Waals surface area (Å²) in [4.78, 5) is 2.29. The van der Waals surface area contributed by atoms with Crippen LogP contribution in [0.5, 0.6) is 0 Å². The first kappa shape index (κ1) is 29.1. The van der Waals surface area contributed by atoms with Gasteiger partial charge in [0.15, 0.2) is 0 Å². The zero-order chi connectivity index (χ0) is 33.7. The van der Waals surface area contributed by atoms with Crippen molar-refractivity contribution in [3.8, 4) is 33.4 Å². The highest BCUT2D eigenvalue weighted by molar-refractivity contribution is 6.27. The molecule has 0 bridgehead atoms. The Morgan fingerprint density at radius 3 is 1.49 bits per heavy atom. The Kier molecular flexibility index (Phi) is 6.81. The van der Waals surface area contributed by atoms with E-state index in [2.05, 4.69) is 169 Å². The molecule has 0 unspecified atom stereocenters. The van der Waals surface area contributed by atoms with Crippen molar-refractivity contribution < 1.29 is 8.83 Å². The number of hydrogen-bond donors (Lipinski definition) is 0. The lowest BCUT2D eigenvalue weighted by Crippen LogP contribution is -2.09. The maximum absolute atomic E-state index is 6.77. The molecule has 8 aromatic carbocycles. The summed E-state index contributed by atoms with van der Waals surface area (Å²) < 4.78 is 13.1. The fourth-order valence-electron chi connectivity index (χ4n) is 7.44. The highest BCUT2D eigenvalue weighted by Crippen LogP contribution is 2.45. The van der Waals surface area contributed by atoms with E-state index in [1.165, 1.54) is 11.1 Å². The van der Waals surface area contributed by atoms with Crippen molar-refractivity contribution in [2.24, 2.45) is 0 Å². The largest absolute Gasteiger partial charge is 0.456 e. The van der Waals surface area contributed by atoms with Crippen LogP contribution in [0.3, 0.4) is 0 Å². The maximum atomic E-state index is 6.77. The summed E-state index contributed by atoms with van der Waals surface area (Å²) >= 11 is 0. The zero-order valence-corrected chi connectivity index (χ0v) is 27.7. The van der Waals surface area contributed by atoms with Crippen LogP contribution in [0.1, 0.15) is 0 Å². The van der Waals surface area contributed by atoms with Gasteiger partial charge in [-0.2, -0.15) is 0 Å². The van der Waals surface area contributed by atoms with E-state index in [0.29, 0.717) is 0 Å². The molecule has 0 radical (unpaired) electrons. The molecule has 0 atom stereocenters. The molecular weight excluding hydrogens is 623 g/mol. The third-order valence-corrected chi connectivity index (χ3v) is 9.87. The molecule has 51 heavy (non-hydrogen) atoms. The summed E-state index contributed by atoms with van der Waals surface area (Å²) in [6.07, 6.45) is 0. The van der Waals surface area contributed by atoms with Crippen LogP contribution in [-0.4, -0.2) is 0 Å². The van der Waals surface area contributed by atoms with Gasteiger partial charge in [0.05, 0.1) is 0 Å². The highest BCUT2D eigenvalue weighted by atomic mass is 16.3. The second kappa shape index (κ2) is 11.9. The Morgan fingerprint density at radius 1 is 0.314 bits per heavy atom. The molecule has 0 N–H and O–H groups in total. The topological polar surface area (TPSA) is 29.5 Å². The van der Waals surface area contributed by atoms with E-state index >= 15 is 0 Å². The molecule has 0 amide bonds. The van der Waals surface area contributed by atoms with E-state index in [0.717, 1.165) is 83.2 Å². The molecule has 0 saturated carbocycles. The maximum Gasteiger partial charge on any atom is 0.143 e. The van der Waals surface area contributed by atoms with Crippen LogP contribution in [0.25, 0.3) is 77.3 Å². The molecule has 240 valence electrons. The van der Waals surface area contributed by atoms with Crippen LogP contribution in [-0.2, 0) is 0 Å². The van der Waals surface area contributed by atoms with E-state index < -0.39 is 0 Å². The normalized spacial score (nSPS) is 11.5. The third-order valence-electron chi connectivity index (χ3n) is 9.87. The van der Waals surface area contributed by atoms with Gasteiger partial charge in [0.1, 0.15) is 22.3 Å². The van der Waals surface area contributed by atoms with Gasteiger partial charge >= 0.3 is 0 Å². The van der Waals surface area contributed by atoms with Gasteiger partial charge in [-0.1, -0.05) is 121 Å². The van der Waals surface area contributed by atoms with Crippen molar-refractivity contribution in [1.29, 1.82) is 0 Å². The van der Waals surface area contributed by atoms with Crippen molar-refractivity contribution >= 4 is 60.9 Å². The summed E-state index contributed by atoms with van der Waals surface area (Å²) in [5.41, 5.74) is 13.5. The van der Waals surface area contributed by atoms with Gasteiger partial charge in [0.2, 0.25) is 0 Å². The smallest absolute Gasteiger partial charge is 0.143 e. The van der Waals surface area contributed by atoms with Crippen LogP contribution in [0, 0.1) is 0 Å². The zero-order valence-electron chi connectivity index (χ0n) is 27.7. The molecule has 0 aliphatic carbocycles. The molecule has 2 heterocycles. The Bertz CT molecular complexity index is 2780. The molecule has 0 spiro atoms. The van der Waals surface area contributed by atoms with Gasteiger partial charge < -0.3 is 13.7 Å². The van der Waals surface area contributed by atoms with Crippen LogP contribution in [0.4, 0.5) is 17.1 Å². The lowest BCUT2D eigenvalue weighted by Gasteiger charge is -2.25. The Balaban J connectivity index is 1.17. The van der Waals surface area contributed by atoms with Gasteiger partial charge in [-0.05, 0) is 94.5 Å². The minimum absolute atomic E-state index is 0.847. The second-order valence-corrected chi connectivity index (χ2v) is 12.9. The minimum atomic E-state index is 0.847. The van der Waals surface area contributed by atoms with E-state index in [9.17, 15) is 0 Å². The Labute approximate surface area is 295 Å². The van der Waals surface area contributed by atoms with Crippen molar-refractivity contribution in [3.05, 3.63) is 188 Å². The number of fused-ring (bicyclic) bond motifs is 7. The molecule has 3 heteroatoms. The van der Waals surface area contributed by atoms with Crippen molar-refractivity contribution in [2.45, 2.75) is 0 Å². The first-order valence-electron chi connectivity index (χ1n) is 17.3. The van der Waals surface area contributed by atoms with Crippen LogP contribution in [0.15, 0.2) is 197 Å². The first-order chi connectivity index (χ1) is 25.3. The number of para-hydroxylation sites is 3. The number of nitrogens with zero attached hydrogens (tertiary/aromatic N) is 1. The number of anilines is 3. The fourth-order valence-corrected chi connectivity index (χ4v) is 7.44. The second-order valence-electron chi connectivity index (χ2n) is 12.9. The molecule has 2 aromatic heterocycles. The molecular formula is C48H31NO2. The summed E-state index contributed by atoms with van der Waals surface area (Å²) in [5, 5.41) is 4.32. The summed E-state index contributed by atoms with van der Waals surface area (Å²) in [7, 11) is 0. The van der Waals surface area contributed by atoms with E-state index in [1.54, 1.807) is 0 Å². The number of hydrogen-bond acceptors (Lipinski definition) is 3. The molecule has 3 nitrogen and oxygen atoms in total. The van der Waals surface area contributed by atoms with Crippen molar-refractivity contribution in [2.75, 3.05) is 4.90 Å². The van der Waals surface area contributed by atoms with Gasteiger partial charge in [-0.25, -0.2) is 0 Å². The number of furan rings is 2. The molecule has 10 aromatic rings. The summed E-state index contributed by atoms with van der Waals surface area (Å²) in [6.45, 7) is 0. The molecule has 10 rings (SSSR count). The summed E-state index contributed by atoms with van der Waals surface area (Å²) in [5.74, 6) is 0. The molecule has 0 aliphatic heterocycles.